The number of hydrogen-bond donors (Lipinski definition) is 1. The Morgan fingerprint density at radius 1 is 0.345 bits per heavy atom. The van der Waals surface area contributed by atoms with Gasteiger partial charge in [0, 0.05) is 12.8 Å². The van der Waals surface area contributed by atoms with Crippen LogP contribution >= 0.6 is 0 Å². The molecule has 0 rings (SSSR count). The van der Waals surface area contributed by atoms with E-state index in [2.05, 4.69) is 184 Å². The first kappa shape index (κ1) is 81.7. The number of esters is 2. The van der Waals surface area contributed by atoms with Crippen LogP contribution in [0.15, 0.2) is 170 Å². The van der Waals surface area contributed by atoms with Crippen LogP contribution in [0.2, 0.25) is 0 Å². The second kappa shape index (κ2) is 66.6. The van der Waals surface area contributed by atoms with Crippen LogP contribution in [0.4, 0.5) is 0 Å². The SMILES string of the molecule is CC/C=C\C/C=C\C/C=C\C/C=C\C/C=C\C/C=C\C/C=C\C/C=C\C/C=C\C/C=C\CCCCCCC(=O)OC(COC(=O)CCCCCCCCCCCCCCCC/C=C\C/C=C\C/C=C\C/C=C\CC)COC(OCC[N+](C)(C)C)C(=O)O. The molecular formula is C78H126NO8+. The summed E-state index contributed by atoms with van der Waals surface area (Å²) in [4.78, 5) is 37.6. The minimum absolute atomic E-state index is 0.173. The molecule has 0 bridgehead atoms. The molecule has 9 heteroatoms. The average molecular weight is 1210 g/mol. The predicted molar refractivity (Wildman–Crippen MR) is 373 cm³/mol. The van der Waals surface area contributed by atoms with E-state index in [0.717, 1.165) is 135 Å². The first-order valence-corrected chi connectivity index (χ1v) is 34.3. The second-order valence-electron chi connectivity index (χ2n) is 23.4. The molecule has 0 radical (unpaired) electrons. The Morgan fingerprint density at radius 2 is 0.621 bits per heavy atom. The van der Waals surface area contributed by atoms with Gasteiger partial charge in [-0.25, -0.2) is 4.79 Å². The maximum Gasteiger partial charge on any atom is 0.361 e. The summed E-state index contributed by atoms with van der Waals surface area (Å²) in [7, 11) is 5.95. The summed E-state index contributed by atoms with van der Waals surface area (Å²) in [6.07, 6.45) is 97.4. The van der Waals surface area contributed by atoms with Gasteiger partial charge in [-0.1, -0.05) is 274 Å². The molecule has 0 heterocycles. The molecule has 490 valence electrons. The van der Waals surface area contributed by atoms with E-state index in [-0.39, 0.29) is 38.6 Å². The van der Waals surface area contributed by atoms with E-state index >= 15 is 0 Å². The fraction of sp³-hybridized carbons (Fsp3) is 0.603. The Morgan fingerprint density at radius 3 is 0.920 bits per heavy atom. The predicted octanol–water partition coefficient (Wildman–Crippen LogP) is 21.5. The molecule has 1 N–H and O–H groups in total. The van der Waals surface area contributed by atoms with E-state index in [0.29, 0.717) is 17.4 Å². The lowest BCUT2D eigenvalue weighted by Crippen LogP contribution is -2.40. The Kier molecular flexibility index (Phi) is 62.5. The molecule has 87 heavy (non-hydrogen) atoms. The number of unbranched alkanes of at least 4 members (excludes halogenated alkanes) is 18. The zero-order valence-electron chi connectivity index (χ0n) is 55.9. The standard InChI is InChI=1S/C78H125NO8/c1-6-8-10-12-14-16-18-20-22-24-26-28-30-32-34-35-36-37-38-39-40-41-43-45-47-49-51-53-55-57-59-61-63-65-67-69-76(81)87-74(73-86-78(77(82)83)84-71-70-79(3,4)5)72-85-75(80)68-66-64-62-60-58-56-54-52-50-48-46-44-42-33-31-29-27-25-23-21-19-17-15-13-11-9-7-2/h8-11,14-17,20-23,26-29,32,34,36-37,39-40,43,45,49,51,55,57,74,78H,6-7,12-13,18-19,24-25,30-31,33,35,38,41-42,44,46-48,50,52-54,56,58-73H2,1-5H3/p+1/b10-8-,11-9-,16-14-,17-15-,22-20-,23-21-,28-26-,29-27-,34-32-,37-36-,40-39-,45-43-,51-49-,57-55-. The zero-order chi connectivity index (χ0) is 63.3. The third-order valence-electron chi connectivity index (χ3n) is 14.0. The summed E-state index contributed by atoms with van der Waals surface area (Å²) in [5, 5.41) is 9.74. The van der Waals surface area contributed by atoms with E-state index in [9.17, 15) is 19.5 Å². The third-order valence-corrected chi connectivity index (χ3v) is 14.0. The molecule has 0 aliphatic rings. The van der Waals surface area contributed by atoms with Crippen LogP contribution in [0, 0.1) is 0 Å². The van der Waals surface area contributed by atoms with Crippen molar-refractivity contribution < 1.29 is 42.9 Å². The number of aliphatic carboxylic acids is 1. The van der Waals surface area contributed by atoms with Crippen LogP contribution in [0.25, 0.3) is 0 Å². The Labute approximate surface area is 533 Å². The number of carboxylic acids is 1. The molecule has 2 atom stereocenters. The lowest BCUT2D eigenvalue weighted by atomic mass is 10.0. The molecule has 0 saturated heterocycles. The van der Waals surface area contributed by atoms with Crippen LogP contribution in [0.5, 0.6) is 0 Å². The van der Waals surface area contributed by atoms with Gasteiger partial charge in [0.25, 0.3) is 6.29 Å². The summed E-state index contributed by atoms with van der Waals surface area (Å²) >= 11 is 0. The minimum atomic E-state index is -1.53. The van der Waals surface area contributed by atoms with E-state index in [1.165, 1.54) is 77.0 Å². The topological polar surface area (TPSA) is 108 Å². The van der Waals surface area contributed by atoms with Crippen molar-refractivity contribution in [3.8, 4) is 0 Å². The summed E-state index contributed by atoms with van der Waals surface area (Å²) in [5.41, 5.74) is 0. The van der Waals surface area contributed by atoms with Crippen LogP contribution in [-0.4, -0.2) is 87.4 Å². The Bertz CT molecular complexity index is 2030. The van der Waals surface area contributed by atoms with Crippen LogP contribution < -0.4 is 0 Å². The number of carbonyl (C=O) groups is 3. The normalized spacial score (nSPS) is 13.8. The number of likely N-dealkylation sites (N-methyl/N-ethyl adjacent to an activating group) is 1. The summed E-state index contributed by atoms with van der Waals surface area (Å²) in [6.45, 7) is 4.61. The van der Waals surface area contributed by atoms with Crippen molar-refractivity contribution in [2.45, 2.75) is 257 Å². The Balaban J connectivity index is 4.26. The number of nitrogens with zero attached hydrogens (tertiary/aromatic N) is 1. The zero-order valence-corrected chi connectivity index (χ0v) is 55.9. The molecule has 0 aliphatic heterocycles. The molecule has 0 spiro atoms. The lowest BCUT2D eigenvalue weighted by Gasteiger charge is -2.25. The molecule has 9 nitrogen and oxygen atoms in total. The van der Waals surface area contributed by atoms with Gasteiger partial charge in [0.1, 0.15) is 13.2 Å². The molecule has 0 aromatic rings. The maximum atomic E-state index is 12.9. The van der Waals surface area contributed by atoms with E-state index in [1.807, 2.05) is 21.1 Å². The Hall–Kier alpha value is -5.35. The fourth-order valence-corrected chi connectivity index (χ4v) is 8.80. The minimum Gasteiger partial charge on any atom is -0.477 e. The number of rotatable bonds is 61. The lowest BCUT2D eigenvalue weighted by molar-refractivity contribution is -0.870. The van der Waals surface area contributed by atoms with Crippen molar-refractivity contribution in [3.63, 3.8) is 0 Å². The largest absolute Gasteiger partial charge is 0.477 e. The van der Waals surface area contributed by atoms with E-state index in [1.54, 1.807) is 0 Å². The number of hydrogen-bond acceptors (Lipinski definition) is 7. The first-order chi connectivity index (χ1) is 42.6. The second-order valence-corrected chi connectivity index (χ2v) is 23.4. The van der Waals surface area contributed by atoms with Crippen LogP contribution in [0.1, 0.15) is 245 Å². The molecule has 2 unspecified atom stereocenters. The number of quaternary nitrogens is 1. The summed E-state index contributed by atoms with van der Waals surface area (Å²) in [5.74, 6) is -2.06. The molecule has 0 aromatic carbocycles. The highest BCUT2D eigenvalue weighted by molar-refractivity contribution is 5.71. The van der Waals surface area contributed by atoms with Gasteiger partial charge in [0.2, 0.25) is 0 Å². The van der Waals surface area contributed by atoms with Crippen molar-refractivity contribution in [3.05, 3.63) is 170 Å². The van der Waals surface area contributed by atoms with E-state index < -0.39 is 24.3 Å². The monoisotopic (exact) mass is 1200 g/mol. The van der Waals surface area contributed by atoms with Gasteiger partial charge in [-0.05, 0) is 128 Å². The number of allylic oxidation sites excluding steroid dienone is 28. The van der Waals surface area contributed by atoms with Gasteiger partial charge >= 0.3 is 17.9 Å². The maximum absolute atomic E-state index is 12.9. The van der Waals surface area contributed by atoms with E-state index in [4.69, 9.17) is 18.9 Å². The molecule has 0 fully saturated rings. The van der Waals surface area contributed by atoms with Gasteiger partial charge in [-0.2, -0.15) is 0 Å². The highest BCUT2D eigenvalue weighted by atomic mass is 16.7. The molecule has 0 saturated carbocycles. The quantitative estimate of drug-likeness (QED) is 0.0211. The first-order valence-electron chi connectivity index (χ1n) is 34.3. The summed E-state index contributed by atoms with van der Waals surface area (Å²) < 4.78 is 22.9. The van der Waals surface area contributed by atoms with Gasteiger partial charge in [0.15, 0.2) is 6.10 Å². The van der Waals surface area contributed by atoms with Crippen molar-refractivity contribution in [1.82, 2.24) is 0 Å². The molecule has 0 aliphatic carbocycles. The summed E-state index contributed by atoms with van der Waals surface area (Å²) in [6, 6.07) is 0. The van der Waals surface area contributed by atoms with Gasteiger partial charge in [-0.15, -0.1) is 0 Å². The smallest absolute Gasteiger partial charge is 0.361 e. The van der Waals surface area contributed by atoms with Crippen molar-refractivity contribution in [2.75, 3.05) is 47.5 Å². The molecular weight excluding hydrogens is 1080 g/mol. The number of ether oxygens (including phenoxy) is 4. The average Bonchev–Trinajstić information content (AvgIpc) is 3.56. The van der Waals surface area contributed by atoms with Gasteiger partial charge < -0.3 is 28.5 Å². The van der Waals surface area contributed by atoms with Crippen LogP contribution in [0.3, 0.4) is 0 Å². The molecule has 0 aromatic heterocycles. The van der Waals surface area contributed by atoms with Gasteiger partial charge in [-0.3, -0.25) is 9.59 Å². The fourth-order valence-electron chi connectivity index (χ4n) is 8.80. The number of carbonyl (C=O) groups excluding carboxylic acids is 2. The van der Waals surface area contributed by atoms with Crippen molar-refractivity contribution in [1.29, 1.82) is 0 Å². The highest BCUT2D eigenvalue weighted by Crippen LogP contribution is 2.16. The third kappa shape index (κ3) is 68.0. The van der Waals surface area contributed by atoms with Gasteiger partial charge in [0.05, 0.1) is 34.4 Å². The van der Waals surface area contributed by atoms with Crippen LogP contribution in [-0.2, 0) is 33.3 Å². The highest BCUT2D eigenvalue weighted by Gasteiger charge is 2.25. The van der Waals surface area contributed by atoms with Crippen molar-refractivity contribution in [2.24, 2.45) is 0 Å². The number of carboxylic acid groups (broad SMARTS) is 1. The molecule has 0 amide bonds. The van der Waals surface area contributed by atoms with Crippen molar-refractivity contribution >= 4 is 17.9 Å².